The molecule has 1 aliphatic rings. The minimum atomic E-state index is 0.353. The monoisotopic (exact) mass is 303 g/mol. The van der Waals surface area contributed by atoms with Crippen LogP contribution in [0.25, 0.3) is 0 Å². The quantitative estimate of drug-likeness (QED) is 0.540. The zero-order valence-corrected chi connectivity index (χ0v) is 14.0. The maximum absolute atomic E-state index is 5.93. The van der Waals surface area contributed by atoms with Crippen LogP contribution in [0.3, 0.4) is 0 Å². The smallest absolute Gasteiger partial charge is 0.122 e. The van der Waals surface area contributed by atoms with E-state index in [1.54, 1.807) is 0 Å². The van der Waals surface area contributed by atoms with Crippen molar-refractivity contribution in [1.82, 2.24) is 4.90 Å². The van der Waals surface area contributed by atoms with Crippen LogP contribution in [0.4, 0.5) is 0 Å². The summed E-state index contributed by atoms with van der Waals surface area (Å²) in [6.45, 7) is 12.1. The van der Waals surface area contributed by atoms with Crippen molar-refractivity contribution in [2.45, 2.75) is 45.3 Å². The number of allylic oxidation sites excluding steroid dienone is 1. The van der Waals surface area contributed by atoms with Crippen LogP contribution >= 0.6 is 0 Å². The fraction of sp³-hybridized carbons (Fsp3) is 0.579. The Labute approximate surface area is 134 Å². The molecule has 122 valence electrons. The first-order valence-electron chi connectivity index (χ1n) is 8.38. The predicted molar refractivity (Wildman–Crippen MR) is 91.5 cm³/mol. The number of hydrogen-bond donors (Lipinski definition) is 0. The second-order valence-corrected chi connectivity index (χ2v) is 6.17. The zero-order chi connectivity index (χ0) is 15.8. The molecule has 3 heteroatoms. The Kier molecular flexibility index (Phi) is 6.94. The molecule has 0 unspecified atom stereocenters. The van der Waals surface area contributed by atoms with Crippen molar-refractivity contribution in [3.05, 3.63) is 42.5 Å². The van der Waals surface area contributed by atoms with Gasteiger partial charge in [-0.2, -0.15) is 0 Å². The molecule has 0 bridgehead atoms. The zero-order valence-electron chi connectivity index (χ0n) is 14.0. The maximum atomic E-state index is 5.93. The normalized spacial score (nSPS) is 22.5. The Hall–Kier alpha value is -1.32. The van der Waals surface area contributed by atoms with Crippen molar-refractivity contribution < 1.29 is 9.47 Å². The van der Waals surface area contributed by atoms with E-state index in [4.69, 9.17) is 9.47 Å². The largest absolute Gasteiger partial charge is 0.493 e. The fourth-order valence-corrected chi connectivity index (χ4v) is 3.06. The van der Waals surface area contributed by atoms with Crippen LogP contribution < -0.4 is 4.74 Å². The summed E-state index contributed by atoms with van der Waals surface area (Å²) >= 11 is 0. The maximum Gasteiger partial charge on any atom is 0.122 e. The molecular weight excluding hydrogens is 274 g/mol. The van der Waals surface area contributed by atoms with Crippen molar-refractivity contribution in [2.75, 3.05) is 26.2 Å². The van der Waals surface area contributed by atoms with Crippen LogP contribution in [0.1, 0.15) is 32.3 Å². The number of rotatable bonds is 8. The molecule has 1 heterocycles. The summed E-state index contributed by atoms with van der Waals surface area (Å²) in [6.07, 6.45) is 5.74. The van der Waals surface area contributed by atoms with E-state index >= 15 is 0 Å². The highest BCUT2D eigenvalue weighted by Crippen LogP contribution is 2.19. The van der Waals surface area contributed by atoms with Gasteiger partial charge < -0.3 is 9.47 Å². The molecule has 0 spiro atoms. The van der Waals surface area contributed by atoms with E-state index in [1.807, 2.05) is 24.3 Å². The van der Waals surface area contributed by atoms with Gasteiger partial charge in [0.1, 0.15) is 5.75 Å². The fourth-order valence-electron chi connectivity index (χ4n) is 3.06. The van der Waals surface area contributed by atoms with Crippen molar-refractivity contribution in [3.8, 4) is 5.75 Å². The van der Waals surface area contributed by atoms with E-state index in [0.29, 0.717) is 12.2 Å². The highest BCUT2D eigenvalue weighted by atomic mass is 16.5. The van der Waals surface area contributed by atoms with Gasteiger partial charge in [-0.3, -0.25) is 4.90 Å². The van der Waals surface area contributed by atoms with Crippen molar-refractivity contribution in [1.29, 1.82) is 0 Å². The molecule has 2 atom stereocenters. The summed E-state index contributed by atoms with van der Waals surface area (Å²) in [5.41, 5.74) is 1.22. The third-order valence-corrected chi connectivity index (χ3v) is 3.96. The van der Waals surface area contributed by atoms with E-state index in [1.165, 1.54) is 12.0 Å². The molecule has 0 amide bonds. The number of hydrogen-bond acceptors (Lipinski definition) is 3. The van der Waals surface area contributed by atoms with Gasteiger partial charge in [0, 0.05) is 13.1 Å². The van der Waals surface area contributed by atoms with Crippen molar-refractivity contribution in [3.63, 3.8) is 0 Å². The Morgan fingerprint density at radius 2 is 1.95 bits per heavy atom. The Morgan fingerprint density at radius 3 is 2.68 bits per heavy atom. The molecule has 1 saturated heterocycles. The van der Waals surface area contributed by atoms with Gasteiger partial charge in [-0.15, -0.1) is 6.58 Å². The Balaban J connectivity index is 1.66. The lowest BCUT2D eigenvalue weighted by Gasteiger charge is -2.35. The topological polar surface area (TPSA) is 21.7 Å². The second-order valence-electron chi connectivity index (χ2n) is 6.17. The van der Waals surface area contributed by atoms with E-state index in [0.717, 1.165) is 44.8 Å². The van der Waals surface area contributed by atoms with E-state index in [9.17, 15) is 0 Å². The highest BCUT2D eigenvalue weighted by Gasteiger charge is 2.21. The van der Waals surface area contributed by atoms with Gasteiger partial charge >= 0.3 is 0 Å². The Bertz CT molecular complexity index is 451. The summed E-state index contributed by atoms with van der Waals surface area (Å²) in [6, 6.07) is 8.22. The molecule has 1 aromatic carbocycles. The average Bonchev–Trinajstić information content (AvgIpc) is 2.48. The minimum absolute atomic E-state index is 0.353. The van der Waals surface area contributed by atoms with Gasteiger partial charge in [0.2, 0.25) is 0 Å². The van der Waals surface area contributed by atoms with Gasteiger partial charge in [-0.05, 0) is 51.3 Å². The summed E-state index contributed by atoms with van der Waals surface area (Å²) < 4.78 is 11.7. The first-order valence-corrected chi connectivity index (χ1v) is 8.38. The van der Waals surface area contributed by atoms with Gasteiger partial charge in [-0.1, -0.05) is 24.3 Å². The third kappa shape index (κ3) is 5.47. The number of ether oxygens (including phenoxy) is 2. The summed E-state index contributed by atoms with van der Waals surface area (Å²) in [5.74, 6) is 0.996. The second kappa shape index (κ2) is 8.96. The first-order chi connectivity index (χ1) is 10.7. The molecule has 0 N–H and O–H groups in total. The van der Waals surface area contributed by atoms with E-state index in [-0.39, 0.29) is 0 Å². The molecule has 0 saturated carbocycles. The molecular formula is C19H29NO2. The molecule has 1 aliphatic heterocycles. The van der Waals surface area contributed by atoms with Crippen LogP contribution in [0, 0.1) is 0 Å². The van der Waals surface area contributed by atoms with Gasteiger partial charge in [0.05, 0.1) is 18.8 Å². The lowest BCUT2D eigenvalue weighted by molar-refractivity contribution is -0.0682. The van der Waals surface area contributed by atoms with Crippen LogP contribution in [0.5, 0.6) is 5.75 Å². The first kappa shape index (κ1) is 17.0. The average molecular weight is 303 g/mol. The minimum Gasteiger partial charge on any atom is -0.493 e. The van der Waals surface area contributed by atoms with E-state index in [2.05, 4.69) is 31.4 Å². The van der Waals surface area contributed by atoms with Crippen LogP contribution in [0.2, 0.25) is 0 Å². The molecule has 3 nitrogen and oxygen atoms in total. The van der Waals surface area contributed by atoms with Gasteiger partial charge in [-0.25, -0.2) is 0 Å². The van der Waals surface area contributed by atoms with Gasteiger partial charge in [0.15, 0.2) is 0 Å². The molecule has 1 aromatic rings. The van der Waals surface area contributed by atoms with Crippen LogP contribution in [0.15, 0.2) is 36.9 Å². The lowest BCUT2D eigenvalue weighted by atomic mass is 10.1. The molecule has 0 aromatic heterocycles. The number of para-hydroxylation sites is 1. The molecule has 0 aliphatic carbocycles. The Morgan fingerprint density at radius 1 is 1.23 bits per heavy atom. The summed E-state index contributed by atoms with van der Waals surface area (Å²) in [5, 5.41) is 0. The van der Waals surface area contributed by atoms with E-state index < -0.39 is 0 Å². The molecule has 2 rings (SSSR count). The van der Waals surface area contributed by atoms with Crippen molar-refractivity contribution >= 4 is 0 Å². The van der Waals surface area contributed by atoms with Gasteiger partial charge in [0.25, 0.3) is 0 Å². The number of benzene rings is 1. The standard InChI is InChI=1S/C19H29NO2/c1-4-9-18-10-5-6-11-19(18)21-13-8-7-12-20-14-16(2)22-17(3)15-20/h4-6,10-11,16-17H,1,7-9,12-15H2,2-3H3/t16-,17-/m0/s1. The SMILES string of the molecule is C=CCc1ccccc1OCCCCN1C[C@H](C)O[C@@H](C)C1. The van der Waals surface area contributed by atoms with Crippen LogP contribution in [-0.4, -0.2) is 43.3 Å². The van der Waals surface area contributed by atoms with Crippen molar-refractivity contribution in [2.24, 2.45) is 0 Å². The highest BCUT2D eigenvalue weighted by molar-refractivity contribution is 5.34. The lowest BCUT2D eigenvalue weighted by Crippen LogP contribution is -2.45. The predicted octanol–water partition coefficient (Wildman–Crippen LogP) is 3.68. The number of unbranched alkanes of at least 4 members (excludes halogenated alkanes) is 1. The number of nitrogens with zero attached hydrogens (tertiary/aromatic N) is 1. The molecule has 22 heavy (non-hydrogen) atoms. The molecule has 0 radical (unpaired) electrons. The molecule has 1 fully saturated rings. The summed E-state index contributed by atoms with van der Waals surface area (Å²) in [4.78, 5) is 2.50. The number of morpholine rings is 1. The summed E-state index contributed by atoms with van der Waals surface area (Å²) in [7, 11) is 0. The third-order valence-electron chi connectivity index (χ3n) is 3.96. The van der Waals surface area contributed by atoms with Crippen LogP contribution in [-0.2, 0) is 11.2 Å².